The van der Waals surface area contributed by atoms with Crippen molar-refractivity contribution in [3.8, 4) is 0 Å². The fourth-order valence-electron chi connectivity index (χ4n) is 4.79. The Morgan fingerprint density at radius 1 is 1.09 bits per heavy atom. The molecule has 30 heteroatoms. The first kappa shape index (κ1) is 48.1. The van der Waals surface area contributed by atoms with Crippen molar-refractivity contribution in [1.82, 2.24) is 30.2 Å². The Hall–Kier alpha value is -3.23. The lowest BCUT2D eigenvalue weighted by molar-refractivity contribution is -0.347. The van der Waals surface area contributed by atoms with Crippen molar-refractivity contribution in [1.29, 1.82) is 0 Å². The molecule has 7 unspecified atom stereocenters. The smallest absolute Gasteiger partial charge is 0.307 e. The number of fused-ring (bicyclic) bond motifs is 1. The lowest BCUT2D eigenvalue weighted by atomic mass is 9.87. The van der Waals surface area contributed by atoms with E-state index < -0.39 is 95.6 Å². The molecule has 1 saturated heterocycles. The van der Waals surface area contributed by atoms with E-state index in [1.54, 1.807) is 0 Å². The van der Waals surface area contributed by atoms with Gasteiger partial charge in [-0.2, -0.15) is 0 Å². The number of thioether (sulfide) groups is 1. The summed E-state index contributed by atoms with van der Waals surface area (Å²) in [4.78, 5) is 106. The largest absolute Gasteiger partial charge is 0.790 e. The maximum Gasteiger partial charge on any atom is 0.307 e. The van der Waals surface area contributed by atoms with E-state index >= 15 is 0 Å². The molecule has 1 fully saturated rings. The normalized spacial score (nSPS) is 21.7. The monoisotopic (exact) mass is 889 g/mol. The molecule has 26 nitrogen and oxygen atoms in total. The summed E-state index contributed by atoms with van der Waals surface area (Å²) in [7, 11) is -17.6. The number of aliphatic hydroxyl groups excluding tert-OH is 2. The molecule has 0 aromatic carbocycles. The zero-order valence-corrected chi connectivity index (χ0v) is 33.6. The fraction of sp³-hybridized carbons (Fsp3) is 0.593. The number of carbonyl (C=O) groups excluding carboxylic acids is 3. The second-order valence-corrected chi connectivity index (χ2v) is 17.9. The number of anilines is 1. The molecule has 320 valence electrons. The number of phosphoric ester groups is 3. The summed E-state index contributed by atoms with van der Waals surface area (Å²) >= 11 is 0.845. The van der Waals surface area contributed by atoms with Crippen molar-refractivity contribution >= 4 is 75.1 Å². The van der Waals surface area contributed by atoms with Crippen molar-refractivity contribution in [2.45, 2.75) is 64.3 Å². The summed E-state index contributed by atoms with van der Waals surface area (Å²) in [5, 5.41) is 34.4. The second kappa shape index (κ2) is 20.2. The van der Waals surface area contributed by atoms with Gasteiger partial charge in [0.2, 0.25) is 16.9 Å². The third kappa shape index (κ3) is 15.1. The highest BCUT2D eigenvalue weighted by Gasteiger charge is 2.47. The molecule has 1 aliphatic heterocycles. The molecular weight excluding hydrogens is 851 g/mol. The van der Waals surface area contributed by atoms with E-state index in [1.165, 1.54) is 26.8 Å². The molecule has 3 heterocycles. The average molecular weight is 890 g/mol. The first-order chi connectivity index (χ1) is 26.3. The molecule has 1 aliphatic rings. The highest BCUT2D eigenvalue weighted by molar-refractivity contribution is 8.14. The average Bonchev–Trinajstić information content (AvgIpc) is 3.64. The number of imidazole rings is 1. The van der Waals surface area contributed by atoms with Gasteiger partial charge in [0.15, 0.2) is 17.7 Å². The van der Waals surface area contributed by atoms with Crippen LogP contribution in [0.3, 0.4) is 0 Å². The number of aliphatic carboxylic acids is 1. The van der Waals surface area contributed by atoms with Gasteiger partial charge in [0, 0.05) is 30.7 Å². The Bertz CT molecular complexity index is 1960. The number of ether oxygens (including phenoxy) is 1. The van der Waals surface area contributed by atoms with Crippen molar-refractivity contribution in [2.75, 3.05) is 37.8 Å². The number of carbonyl (C=O) groups is 4. The first-order valence-electron chi connectivity index (χ1n) is 16.2. The van der Waals surface area contributed by atoms with Crippen LogP contribution in [-0.4, -0.2) is 114 Å². The van der Waals surface area contributed by atoms with Crippen molar-refractivity contribution < 1.29 is 90.4 Å². The maximum absolute atomic E-state index is 12.5. The lowest BCUT2D eigenvalue weighted by Gasteiger charge is -2.36. The predicted octanol–water partition coefficient (Wildman–Crippen LogP) is -3.44. The Labute approximate surface area is 327 Å². The molecule has 2 aromatic rings. The Morgan fingerprint density at radius 2 is 1.75 bits per heavy atom. The number of carboxylic acids is 1. The molecule has 0 spiro atoms. The molecule has 7 N–H and O–H groups in total. The molecular formula is C27H38N7O19P3S-4. The quantitative estimate of drug-likeness (QED) is 0.0380. The third-order valence-corrected chi connectivity index (χ3v) is 11.3. The van der Waals surface area contributed by atoms with Crippen LogP contribution in [-0.2, 0) is 55.5 Å². The predicted molar refractivity (Wildman–Crippen MR) is 184 cm³/mol. The van der Waals surface area contributed by atoms with E-state index in [1.807, 2.05) is 0 Å². The number of rotatable bonds is 22. The highest BCUT2D eigenvalue weighted by Crippen LogP contribution is 2.56. The van der Waals surface area contributed by atoms with E-state index in [0.717, 1.165) is 29.0 Å². The van der Waals surface area contributed by atoms with E-state index in [4.69, 9.17) is 15.6 Å². The van der Waals surface area contributed by atoms with Crippen LogP contribution in [0.15, 0.2) is 24.3 Å². The van der Waals surface area contributed by atoms with E-state index in [2.05, 4.69) is 43.5 Å². The Kier molecular flexibility index (Phi) is 17.0. The second-order valence-electron chi connectivity index (χ2n) is 12.7. The number of aliphatic hydroxyl groups is 2. The van der Waals surface area contributed by atoms with Gasteiger partial charge in [-0.25, -0.2) is 19.3 Å². The number of nitrogens with one attached hydrogen (secondary N) is 2. The van der Waals surface area contributed by atoms with Crippen LogP contribution in [0, 0.1) is 5.41 Å². The van der Waals surface area contributed by atoms with Gasteiger partial charge in [0.05, 0.1) is 33.8 Å². The number of aromatic nitrogens is 4. The summed E-state index contributed by atoms with van der Waals surface area (Å²) < 4.78 is 60.4. The molecule has 0 aliphatic carbocycles. The van der Waals surface area contributed by atoms with Gasteiger partial charge in [0.1, 0.15) is 36.3 Å². The van der Waals surface area contributed by atoms with Crippen LogP contribution in [0.4, 0.5) is 5.82 Å². The van der Waals surface area contributed by atoms with Crippen LogP contribution < -0.4 is 35.9 Å². The molecule has 0 saturated carbocycles. The molecule has 0 radical (unpaired) electrons. The zero-order valence-electron chi connectivity index (χ0n) is 30.1. The maximum atomic E-state index is 12.5. The van der Waals surface area contributed by atoms with Crippen LogP contribution in [0.2, 0.25) is 0 Å². The summed E-state index contributed by atoms with van der Waals surface area (Å²) in [6.07, 6.45) is -6.89. The number of hydrogen-bond donors (Lipinski definition) is 6. The molecule has 7 atom stereocenters. The van der Waals surface area contributed by atoms with Crippen LogP contribution in [0.5, 0.6) is 0 Å². The van der Waals surface area contributed by atoms with Gasteiger partial charge in [-0.15, -0.1) is 0 Å². The van der Waals surface area contributed by atoms with E-state index in [9.17, 15) is 62.7 Å². The molecule has 2 aromatic heterocycles. The Morgan fingerprint density at radius 3 is 2.40 bits per heavy atom. The highest BCUT2D eigenvalue weighted by atomic mass is 32.2. The van der Waals surface area contributed by atoms with Crippen LogP contribution >= 0.6 is 35.2 Å². The van der Waals surface area contributed by atoms with Crippen molar-refractivity contribution in [3.63, 3.8) is 0 Å². The van der Waals surface area contributed by atoms with Gasteiger partial charge in [-0.1, -0.05) is 31.2 Å². The van der Waals surface area contributed by atoms with Crippen molar-refractivity contribution in [3.05, 3.63) is 24.3 Å². The fourth-order valence-corrected chi connectivity index (χ4v) is 8.22. The molecule has 2 amide bonds. The van der Waals surface area contributed by atoms with Crippen molar-refractivity contribution in [2.24, 2.45) is 5.41 Å². The molecule has 3 rings (SSSR count). The van der Waals surface area contributed by atoms with E-state index in [0.29, 0.717) is 5.57 Å². The van der Waals surface area contributed by atoms with Gasteiger partial charge in [-0.3, -0.25) is 32.9 Å². The number of carboxylic acid groups (broad SMARTS) is 1. The third-order valence-electron chi connectivity index (χ3n) is 7.52. The van der Waals surface area contributed by atoms with Gasteiger partial charge < -0.3 is 74.1 Å². The number of nitrogens with zero attached hydrogens (tertiary/aromatic N) is 4. The first-order valence-corrected chi connectivity index (χ1v) is 21.6. The van der Waals surface area contributed by atoms with Gasteiger partial charge >= 0.3 is 5.97 Å². The lowest BCUT2D eigenvalue weighted by Crippen LogP contribution is -2.46. The standard InChI is InChI=1S/C27H42N7O19P3S/c1-14(8-17(36)37)9-18(38)57-7-6-29-16(35)4-5-30-25(41)22(40)27(2,3)11-50-56(47,48)53-55(45,46)49-10-15-21(52-54(42,43)44)20(39)26(51-15)34-13-33-19-23(28)31-12-32-24(19)34/h9,12-13,15,20-22,26,39-40H,4-8,10-11H2,1-3H3,(H,29,35)(H,30,41)(H,36,37)(H,45,46)(H,47,48)(H2,28,31,32)(H2,42,43,44)/p-4/b14-9+. The SMILES string of the molecule is C/C(=C\C(=O)SCCNC(=O)CCNC(=O)C(O)C(C)(C)COP(=O)([O-])OP(=O)([O-])OCC1OC(n2cnc3c(N)ncnc32)C(O)C1OP(=O)([O-])[O-])CC(=O)O. The van der Waals surface area contributed by atoms with Gasteiger partial charge in [-0.05, 0) is 13.0 Å². The number of hydrogen-bond acceptors (Lipinski definition) is 23. The minimum Gasteiger partial charge on any atom is -0.790 e. The minimum atomic E-state index is -5.93. The molecule has 57 heavy (non-hydrogen) atoms. The van der Waals surface area contributed by atoms with Crippen LogP contribution in [0.1, 0.15) is 39.8 Å². The number of nitrogen functional groups attached to an aromatic ring is 1. The minimum absolute atomic E-state index is 0.0325. The summed E-state index contributed by atoms with van der Waals surface area (Å²) in [6.45, 7) is 1.30. The number of phosphoric acid groups is 3. The summed E-state index contributed by atoms with van der Waals surface area (Å²) in [5.41, 5.74) is 4.36. The molecule has 0 bridgehead atoms. The summed E-state index contributed by atoms with van der Waals surface area (Å²) in [6, 6.07) is 0. The Balaban J connectivity index is 1.48. The topological polar surface area (TPSA) is 412 Å². The van der Waals surface area contributed by atoms with Gasteiger partial charge in [0.25, 0.3) is 15.6 Å². The number of nitrogens with two attached hydrogens (primary N) is 1. The van der Waals surface area contributed by atoms with E-state index in [-0.39, 0.29) is 48.7 Å². The van der Waals surface area contributed by atoms with Crippen LogP contribution in [0.25, 0.3) is 11.2 Å². The zero-order chi connectivity index (χ0) is 42.9. The number of amides is 2. The summed E-state index contributed by atoms with van der Waals surface area (Å²) in [5.74, 6) is -2.60.